The van der Waals surface area contributed by atoms with Gasteiger partial charge in [-0.25, -0.2) is 4.99 Å². The van der Waals surface area contributed by atoms with Crippen molar-refractivity contribution in [3.8, 4) is 0 Å². The van der Waals surface area contributed by atoms with Gasteiger partial charge in [0.25, 0.3) is 0 Å². The van der Waals surface area contributed by atoms with Gasteiger partial charge in [-0.05, 0) is 18.1 Å². The number of nitrogens with zero attached hydrogens (tertiary/aromatic N) is 4. The van der Waals surface area contributed by atoms with Crippen molar-refractivity contribution in [3.63, 3.8) is 0 Å². The lowest BCUT2D eigenvalue weighted by Gasteiger charge is -2.34. The molecule has 1 unspecified atom stereocenters. The summed E-state index contributed by atoms with van der Waals surface area (Å²) < 4.78 is 7.72. The van der Waals surface area contributed by atoms with Crippen molar-refractivity contribution < 1.29 is 9.84 Å². The lowest BCUT2D eigenvalue weighted by Crippen LogP contribution is -2.48. The van der Waals surface area contributed by atoms with E-state index in [1.807, 2.05) is 43.7 Å². The molecule has 1 saturated heterocycles. The van der Waals surface area contributed by atoms with E-state index >= 15 is 0 Å². The van der Waals surface area contributed by atoms with Crippen molar-refractivity contribution >= 4 is 5.96 Å². The van der Waals surface area contributed by atoms with Gasteiger partial charge in [0.15, 0.2) is 5.96 Å². The highest BCUT2D eigenvalue weighted by atomic mass is 16.5. The van der Waals surface area contributed by atoms with E-state index in [9.17, 15) is 5.11 Å². The van der Waals surface area contributed by atoms with Crippen LogP contribution in [-0.4, -0.2) is 52.0 Å². The van der Waals surface area contributed by atoms with Gasteiger partial charge in [-0.15, -0.1) is 0 Å². The normalized spacial score (nSPS) is 18.2. The Bertz CT molecular complexity index is 743. The number of aliphatic hydroxyl groups is 1. The number of nitrogens with one attached hydrogen (secondary N) is 1. The van der Waals surface area contributed by atoms with Gasteiger partial charge in [0.1, 0.15) is 6.10 Å². The van der Waals surface area contributed by atoms with Gasteiger partial charge in [0, 0.05) is 31.9 Å². The summed E-state index contributed by atoms with van der Waals surface area (Å²) >= 11 is 0. The number of guanidine groups is 1. The molecule has 0 bridgehead atoms. The fraction of sp³-hybridized carbons (Fsp3) is 0.474. The summed E-state index contributed by atoms with van der Waals surface area (Å²) in [5.41, 5.74) is 3.04. The lowest BCUT2D eigenvalue weighted by atomic mass is 10.1. The molecular weight excluding hydrogens is 330 g/mol. The van der Waals surface area contributed by atoms with E-state index in [0.717, 1.165) is 42.3 Å². The predicted molar refractivity (Wildman–Crippen MR) is 101 cm³/mol. The predicted octanol–water partition coefficient (Wildman–Crippen LogP) is 1.45. The molecule has 2 heterocycles. The van der Waals surface area contributed by atoms with E-state index in [4.69, 9.17) is 9.73 Å². The molecule has 0 aliphatic carbocycles. The number of benzene rings is 1. The average Bonchev–Trinajstić information content (AvgIpc) is 3.12. The molecule has 7 nitrogen and oxygen atoms in total. The minimum Gasteiger partial charge on any atom is -0.392 e. The third-order valence-corrected chi connectivity index (χ3v) is 4.49. The number of hydrogen-bond donors (Lipinski definition) is 2. The van der Waals surface area contributed by atoms with E-state index in [-0.39, 0.29) is 12.7 Å². The molecule has 3 rings (SSSR count). The van der Waals surface area contributed by atoms with Gasteiger partial charge >= 0.3 is 0 Å². The van der Waals surface area contributed by atoms with Gasteiger partial charge < -0.3 is 20.1 Å². The van der Waals surface area contributed by atoms with E-state index in [1.54, 1.807) is 4.68 Å². The first-order chi connectivity index (χ1) is 12.7. The monoisotopic (exact) mass is 357 g/mol. The Balaban J connectivity index is 1.73. The van der Waals surface area contributed by atoms with E-state index in [0.29, 0.717) is 13.2 Å². The maximum absolute atomic E-state index is 9.50. The standard InChI is InChI=1S/C19H27N5O2/c1-3-20-19(21-10-15-6-4-5-7-16(15)14-25)24-8-9-26-18(13-24)17-11-22-23(2)12-17/h4-7,11-12,18,25H,3,8-10,13-14H2,1-2H3,(H,20,21). The van der Waals surface area contributed by atoms with Crippen molar-refractivity contribution in [1.82, 2.24) is 20.0 Å². The zero-order valence-electron chi connectivity index (χ0n) is 15.4. The molecule has 1 atom stereocenters. The number of morpholine rings is 1. The van der Waals surface area contributed by atoms with Crippen LogP contribution in [0.5, 0.6) is 0 Å². The van der Waals surface area contributed by atoms with E-state index in [2.05, 4.69) is 22.2 Å². The van der Waals surface area contributed by atoms with E-state index < -0.39 is 0 Å². The summed E-state index contributed by atoms with van der Waals surface area (Å²) in [5, 5.41) is 17.1. The number of aliphatic hydroxyl groups excluding tert-OH is 1. The maximum atomic E-state index is 9.50. The van der Waals surface area contributed by atoms with Gasteiger partial charge in [0.05, 0.1) is 32.5 Å². The summed E-state index contributed by atoms with van der Waals surface area (Å²) in [6.45, 7) is 5.61. The molecule has 2 aromatic rings. The molecule has 1 aromatic heterocycles. The number of rotatable bonds is 5. The van der Waals surface area contributed by atoms with Gasteiger partial charge in [-0.3, -0.25) is 4.68 Å². The van der Waals surface area contributed by atoms with Crippen LogP contribution < -0.4 is 5.32 Å². The van der Waals surface area contributed by atoms with Crippen molar-refractivity contribution in [1.29, 1.82) is 0 Å². The lowest BCUT2D eigenvalue weighted by molar-refractivity contribution is -0.00805. The summed E-state index contributed by atoms with van der Waals surface area (Å²) in [6.07, 6.45) is 3.84. The minimum absolute atomic E-state index is 0.00830. The molecule has 2 N–H and O–H groups in total. The summed E-state index contributed by atoms with van der Waals surface area (Å²) in [4.78, 5) is 7.02. The van der Waals surface area contributed by atoms with Crippen LogP contribution in [0.1, 0.15) is 29.7 Å². The Kier molecular flexibility index (Phi) is 6.25. The fourth-order valence-corrected chi connectivity index (χ4v) is 3.10. The topological polar surface area (TPSA) is 74.9 Å². The molecule has 0 spiro atoms. The van der Waals surface area contributed by atoms with Crippen LogP contribution in [0.3, 0.4) is 0 Å². The maximum Gasteiger partial charge on any atom is 0.194 e. The zero-order valence-corrected chi connectivity index (χ0v) is 15.4. The second-order valence-corrected chi connectivity index (χ2v) is 6.35. The first-order valence-electron chi connectivity index (χ1n) is 9.02. The van der Waals surface area contributed by atoms with Crippen LogP contribution in [0.4, 0.5) is 0 Å². The molecule has 140 valence electrons. The molecule has 7 heteroatoms. The highest BCUT2D eigenvalue weighted by Gasteiger charge is 2.25. The molecule has 0 saturated carbocycles. The molecule has 1 aromatic carbocycles. The van der Waals surface area contributed by atoms with Gasteiger partial charge in [-0.2, -0.15) is 5.10 Å². The highest BCUT2D eigenvalue weighted by Crippen LogP contribution is 2.21. The van der Waals surface area contributed by atoms with Gasteiger partial charge in [-0.1, -0.05) is 24.3 Å². The van der Waals surface area contributed by atoms with Crippen molar-refractivity contribution in [2.45, 2.75) is 26.2 Å². The third kappa shape index (κ3) is 4.42. The summed E-state index contributed by atoms with van der Waals surface area (Å²) in [6, 6.07) is 7.86. The Morgan fingerprint density at radius 1 is 1.38 bits per heavy atom. The molecule has 1 aliphatic rings. The molecule has 1 aliphatic heterocycles. The Hall–Kier alpha value is -2.38. The highest BCUT2D eigenvalue weighted by molar-refractivity contribution is 5.80. The molecule has 0 radical (unpaired) electrons. The van der Waals surface area contributed by atoms with Crippen LogP contribution in [0.2, 0.25) is 0 Å². The van der Waals surface area contributed by atoms with Crippen LogP contribution in [-0.2, 0) is 24.9 Å². The number of aryl methyl sites for hydroxylation is 1. The molecule has 26 heavy (non-hydrogen) atoms. The number of aliphatic imine (C=N–C) groups is 1. The van der Waals surface area contributed by atoms with Crippen LogP contribution in [0.25, 0.3) is 0 Å². The first kappa shape index (κ1) is 18.4. The van der Waals surface area contributed by atoms with Crippen molar-refractivity contribution in [3.05, 3.63) is 53.3 Å². The molecular formula is C19H27N5O2. The third-order valence-electron chi connectivity index (χ3n) is 4.49. The quantitative estimate of drug-likeness (QED) is 0.626. The van der Waals surface area contributed by atoms with E-state index in [1.165, 1.54) is 0 Å². The number of hydrogen-bond acceptors (Lipinski definition) is 4. The zero-order chi connectivity index (χ0) is 18.4. The first-order valence-corrected chi connectivity index (χ1v) is 9.02. The van der Waals surface area contributed by atoms with Crippen LogP contribution in [0.15, 0.2) is 41.7 Å². The Labute approximate surface area is 154 Å². The number of aromatic nitrogens is 2. The largest absolute Gasteiger partial charge is 0.392 e. The SMILES string of the molecule is CCNC(=NCc1ccccc1CO)N1CCOC(c2cnn(C)c2)C1. The summed E-state index contributed by atoms with van der Waals surface area (Å²) in [7, 11) is 1.91. The van der Waals surface area contributed by atoms with Crippen molar-refractivity contribution in [2.24, 2.45) is 12.0 Å². The van der Waals surface area contributed by atoms with Crippen molar-refractivity contribution in [2.75, 3.05) is 26.2 Å². The molecule has 0 amide bonds. The van der Waals surface area contributed by atoms with Crippen LogP contribution >= 0.6 is 0 Å². The Morgan fingerprint density at radius 3 is 2.88 bits per heavy atom. The summed E-state index contributed by atoms with van der Waals surface area (Å²) in [5.74, 6) is 0.873. The average molecular weight is 357 g/mol. The minimum atomic E-state index is -0.00830. The van der Waals surface area contributed by atoms with Gasteiger partial charge in [0.2, 0.25) is 0 Å². The second kappa shape index (κ2) is 8.82. The Morgan fingerprint density at radius 2 is 2.19 bits per heavy atom. The second-order valence-electron chi connectivity index (χ2n) is 6.35. The molecule has 1 fully saturated rings. The van der Waals surface area contributed by atoms with Crippen LogP contribution in [0, 0.1) is 0 Å². The fourth-order valence-electron chi connectivity index (χ4n) is 3.10. The smallest absolute Gasteiger partial charge is 0.194 e. The number of ether oxygens (including phenoxy) is 1.